The molecule has 104 valence electrons. The first-order chi connectivity index (χ1) is 9.07. The number of rotatable bonds is 3. The van der Waals surface area contributed by atoms with Crippen LogP contribution in [0.4, 0.5) is 4.39 Å². The number of hydrogen-bond acceptors (Lipinski definition) is 3. The van der Waals surface area contributed by atoms with E-state index in [1.54, 1.807) is 0 Å². The zero-order valence-corrected chi connectivity index (χ0v) is 11.1. The second-order valence-electron chi connectivity index (χ2n) is 5.12. The average Bonchev–Trinajstić information content (AvgIpc) is 2.63. The smallest absolute Gasteiger partial charge is 0.198 e. The van der Waals surface area contributed by atoms with Gasteiger partial charge in [-0.25, -0.2) is 4.39 Å². The highest BCUT2D eigenvalue weighted by Gasteiger charge is 2.38. The van der Waals surface area contributed by atoms with E-state index in [1.165, 1.54) is 19.2 Å². The number of methoxy groups -OCH3 is 1. The van der Waals surface area contributed by atoms with Crippen LogP contribution in [0.15, 0.2) is 18.2 Å². The van der Waals surface area contributed by atoms with E-state index in [-0.39, 0.29) is 5.56 Å². The topological polar surface area (TPSA) is 46.5 Å². The number of benzene rings is 1. The molecule has 0 atom stereocenters. The van der Waals surface area contributed by atoms with Crippen LogP contribution in [0.25, 0.3) is 0 Å². The number of carbonyl (C=O) groups is 1. The molecule has 3 nitrogen and oxygen atoms in total. The van der Waals surface area contributed by atoms with Crippen LogP contribution < -0.4 is 4.74 Å². The van der Waals surface area contributed by atoms with Gasteiger partial charge in [0.05, 0.1) is 12.7 Å². The predicted octanol–water partition coefficient (Wildman–Crippen LogP) is 3.10. The summed E-state index contributed by atoms with van der Waals surface area (Å²) in [6.45, 7) is 0. The van der Waals surface area contributed by atoms with Gasteiger partial charge >= 0.3 is 0 Å². The molecular weight excluding hydrogens is 247 g/mol. The summed E-state index contributed by atoms with van der Waals surface area (Å²) in [5.74, 6) is -0.615. The lowest BCUT2D eigenvalue weighted by Crippen LogP contribution is -2.38. The molecule has 0 aromatic heterocycles. The van der Waals surface area contributed by atoms with E-state index in [1.807, 2.05) is 0 Å². The Balaban J connectivity index is 2.34. The Hall–Kier alpha value is -1.42. The van der Waals surface area contributed by atoms with E-state index in [2.05, 4.69) is 0 Å². The number of ketones is 1. The maximum Gasteiger partial charge on any atom is 0.198 e. The van der Waals surface area contributed by atoms with Crippen molar-refractivity contribution in [1.29, 1.82) is 0 Å². The van der Waals surface area contributed by atoms with Gasteiger partial charge in [0.25, 0.3) is 0 Å². The zero-order chi connectivity index (χ0) is 13.9. The summed E-state index contributed by atoms with van der Waals surface area (Å²) in [5.41, 5.74) is -1.25. The number of halogens is 1. The van der Waals surface area contributed by atoms with Crippen molar-refractivity contribution in [1.82, 2.24) is 0 Å². The SMILES string of the molecule is COc1ccc(F)cc1C(=O)C1(O)CCCCCC1. The van der Waals surface area contributed by atoms with Crippen LogP contribution in [-0.4, -0.2) is 23.6 Å². The van der Waals surface area contributed by atoms with Crippen LogP contribution in [0, 0.1) is 5.82 Å². The van der Waals surface area contributed by atoms with E-state index in [4.69, 9.17) is 4.74 Å². The maximum absolute atomic E-state index is 13.3. The van der Waals surface area contributed by atoms with E-state index in [0.717, 1.165) is 31.7 Å². The molecule has 0 spiro atoms. The molecule has 1 aromatic carbocycles. The van der Waals surface area contributed by atoms with Gasteiger partial charge < -0.3 is 9.84 Å². The van der Waals surface area contributed by atoms with Gasteiger partial charge in [0.2, 0.25) is 0 Å². The van der Waals surface area contributed by atoms with Gasteiger partial charge in [-0.15, -0.1) is 0 Å². The first-order valence-corrected chi connectivity index (χ1v) is 6.67. The highest BCUT2D eigenvalue weighted by Crippen LogP contribution is 2.33. The minimum atomic E-state index is -1.38. The Kier molecular flexibility index (Phi) is 4.20. The lowest BCUT2D eigenvalue weighted by molar-refractivity contribution is 0.0235. The Bertz CT molecular complexity index is 462. The van der Waals surface area contributed by atoms with Gasteiger partial charge in [0, 0.05) is 0 Å². The van der Waals surface area contributed by atoms with Crippen LogP contribution in [0.2, 0.25) is 0 Å². The summed E-state index contributed by atoms with van der Waals surface area (Å²) >= 11 is 0. The molecule has 0 unspecified atom stereocenters. The van der Waals surface area contributed by atoms with Crippen LogP contribution in [-0.2, 0) is 0 Å². The minimum Gasteiger partial charge on any atom is -0.496 e. The van der Waals surface area contributed by atoms with Crippen molar-refractivity contribution in [3.05, 3.63) is 29.6 Å². The number of Topliss-reactive ketones (excluding diaryl/α,β-unsaturated/α-hetero) is 1. The van der Waals surface area contributed by atoms with E-state index in [9.17, 15) is 14.3 Å². The summed E-state index contributed by atoms with van der Waals surface area (Å²) in [4.78, 5) is 12.5. The average molecular weight is 266 g/mol. The fourth-order valence-electron chi connectivity index (χ4n) is 2.65. The molecule has 1 fully saturated rings. The third-order valence-electron chi connectivity index (χ3n) is 3.76. The zero-order valence-electron chi connectivity index (χ0n) is 11.1. The quantitative estimate of drug-likeness (QED) is 0.675. The van der Waals surface area contributed by atoms with Crippen LogP contribution in [0.5, 0.6) is 5.75 Å². The van der Waals surface area contributed by atoms with Gasteiger partial charge in [-0.1, -0.05) is 25.7 Å². The Labute approximate surface area is 112 Å². The summed E-state index contributed by atoms with van der Waals surface area (Å²) in [6, 6.07) is 3.80. The highest BCUT2D eigenvalue weighted by atomic mass is 19.1. The fraction of sp³-hybridized carbons (Fsp3) is 0.533. The first-order valence-electron chi connectivity index (χ1n) is 6.67. The fourth-order valence-corrected chi connectivity index (χ4v) is 2.65. The monoisotopic (exact) mass is 266 g/mol. The minimum absolute atomic E-state index is 0.131. The Morgan fingerprint density at radius 3 is 2.47 bits per heavy atom. The molecule has 1 aliphatic rings. The Morgan fingerprint density at radius 1 is 1.26 bits per heavy atom. The van der Waals surface area contributed by atoms with Crippen molar-refractivity contribution < 1.29 is 19.0 Å². The third kappa shape index (κ3) is 2.95. The number of ether oxygens (including phenoxy) is 1. The predicted molar refractivity (Wildman–Crippen MR) is 69.9 cm³/mol. The molecule has 1 aromatic rings. The van der Waals surface area contributed by atoms with Crippen molar-refractivity contribution in [2.75, 3.05) is 7.11 Å². The molecule has 4 heteroatoms. The van der Waals surface area contributed by atoms with Gasteiger partial charge in [-0.05, 0) is 31.0 Å². The van der Waals surface area contributed by atoms with Gasteiger partial charge in [-0.2, -0.15) is 0 Å². The molecular formula is C15H19FO3. The van der Waals surface area contributed by atoms with Crippen molar-refractivity contribution in [3.8, 4) is 5.75 Å². The van der Waals surface area contributed by atoms with Crippen molar-refractivity contribution in [2.24, 2.45) is 0 Å². The molecule has 1 N–H and O–H groups in total. The molecule has 1 aliphatic carbocycles. The highest BCUT2D eigenvalue weighted by molar-refractivity contribution is 6.04. The molecule has 0 heterocycles. The van der Waals surface area contributed by atoms with Crippen molar-refractivity contribution >= 4 is 5.78 Å². The lowest BCUT2D eigenvalue weighted by Gasteiger charge is -2.25. The summed E-state index contributed by atoms with van der Waals surface area (Å²) in [7, 11) is 1.43. The molecule has 0 radical (unpaired) electrons. The van der Waals surface area contributed by atoms with Crippen molar-refractivity contribution in [2.45, 2.75) is 44.1 Å². The van der Waals surface area contributed by atoms with Gasteiger partial charge in [0.1, 0.15) is 17.2 Å². The van der Waals surface area contributed by atoms with Crippen LogP contribution in [0.3, 0.4) is 0 Å². The normalized spacial score (nSPS) is 18.7. The van der Waals surface area contributed by atoms with E-state index >= 15 is 0 Å². The Morgan fingerprint density at radius 2 is 1.89 bits per heavy atom. The largest absolute Gasteiger partial charge is 0.496 e. The van der Waals surface area contributed by atoms with E-state index < -0.39 is 17.2 Å². The molecule has 1 saturated carbocycles. The summed E-state index contributed by atoms with van der Waals surface area (Å²) in [6.07, 6.45) is 4.56. The van der Waals surface area contributed by atoms with Gasteiger partial charge in [0.15, 0.2) is 5.78 Å². The molecule has 0 bridgehead atoms. The summed E-state index contributed by atoms with van der Waals surface area (Å²) < 4.78 is 18.4. The molecule has 0 aliphatic heterocycles. The molecule has 19 heavy (non-hydrogen) atoms. The lowest BCUT2D eigenvalue weighted by atomic mass is 9.86. The molecule has 0 amide bonds. The number of hydrogen-bond donors (Lipinski definition) is 1. The van der Waals surface area contributed by atoms with Crippen molar-refractivity contribution in [3.63, 3.8) is 0 Å². The molecule has 2 rings (SSSR count). The number of aliphatic hydroxyl groups is 1. The summed E-state index contributed by atoms with van der Waals surface area (Å²) in [5, 5.41) is 10.6. The third-order valence-corrected chi connectivity index (χ3v) is 3.76. The van der Waals surface area contributed by atoms with E-state index in [0.29, 0.717) is 18.6 Å². The standard InChI is InChI=1S/C15H19FO3/c1-19-13-7-6-11(16)10-12(13)14(17)15(18)8-4-2-3-5-9-15/h6-7,10,18H,2-5,8-9H2,1H3. The second-order valence-corrected chi connectivity index (χ2v) is 5.12. The van der Waals surface area contributed by atoms with Crippen LogP contribution in [0.1, 0.15) is 48.9 Å². The number of carbonyl (C=O) groups excluding carboxylic acids is 1. The maximum atomic E-state index is 13.3. The molecule has 0 saturated heterocycles. The second kappa shape index (κ2) is 5.70. The van der Waals surface area contributed by atoms with Crippen LogP contribution >= 0.6 is 0 Å². The van der Waals surface area contributed by atoms with Gasteiger partial charge in [-0.3, -0.25) is 4.79 Å². The first kappa shape index (κ1) is 14.0.